The Balaban J connectivity index is 1.30. The van der Waals surface area contributed by atoms with Crippen molar-refractivity contribution in [2.75, 3.05) is 21.3 Å². The van der Waals surface area contributed by atoms with Crippen LogP contribution in [-0.4, -0.2) is 47.3 Å². The first kappa shape index (κ1) is 54.2. The Morgan fingerprint density at radius 1 is 0.500 bits per heavy atom. The van der Waals surface area contributed by atoms with Gasteiger partial charge in [-0.15, -0.1) is 0 Å². The van der Waals surface area contributed by atoms with Crippen molar-refractivity contribution in [3.63, 3.8) is 0 Å². The van der Waals surface area contributed by atoms with E-state index in [1.54, 1.807) is 13.8 Å². The molecule has 0 fully saturated rings. The minimum absolute atomic E-state index is 0.0446. The van der Waals surface area contributed by atoms with Gasteiger partial charge in [-0.25, -0.2) is 0 Å². The highest BCUT2D eigenvalue weighted by atomic mass is 35.5. The van der Waals surface area contributed by atoms with E-state index < -0.39 is 80.8 Å². The van der Waals surface area contributed by atoms with Gasteiger partial charge in [-0.05, 0) is 123 Å². The van der Waals surface area contributed by atoms with Crippen LogP contribution in [0.2, 0.25) is 20.1 Å². The second kappa shape index (κ2) is 22.8. The fraction of sp³-hybridized carbons (Fsp3) is 0.217. The SMILES string of the molecule is CCc1cc(NC(=O)C(N=Nc2ccc(Cl)c(C(=O)Nc3ccc(Cl)c(C(F)(F)F)c3)c2)C(C)=O)cc(CC)c1NC(=O)C(N=Nc1ccc(Cl)c(C(=O)Nc2ccc(Cl)c(C(F)(F)F)c2)c1)C(C)=O. The Kier molecular flexibility index (Phi) is 17.6. The van der Waals surface area contributed by atoms with E-state index in [1.165, 1.54) is 36.4 Å². The molecular weight excluding hydrogens is 1020 g/mol. The Morgan fingerprint density at radius 2 is 0.871 bits per heavy atom. The number of hydrogen-bond donors (Lipinski definition) is 4. The molecule has 5 aromatic carbocycles. The number of halogens is 10. The number of carbonyl (C=O) groups excluding carboxylic acids is 6. The van der Waals surface area contributed by atoms with E-state index in [1.807, 2.05) is 0 Å². The van der Waals surface area contributed by atoms with Crippen molar-refractivity contribution >= 4 is 116 Å². The van der Waals surface area contributed by atoms with Gasteiger partial charge in [0.15, 0.2) is 11.6 Å². The van der Waals surface area contributed by atoms with Crippen LogP contribution in [0.25, 0.3) is 0 Å². The molecule has 5 aromatic rings. The lowest BCUT2D eigenvalue weighted by Gasteiger charge is -2.19. The number of nitrogens with one attached hydrogen (secondary N) is 4. The van der Waals surface area contributed by atoms with Crippen molar-refractivity contribution in [1.82, 2.24) is 0 Å². The molecule has 4 amide bonds. The Hall–Kier alpha value is -6.74. The molecule has 0 saturated heterocycles. The van der Waals surface area contributed by atoms with Gasteiger partial charge in [-0.3, -0.25) is 28.8 Å². The summed E-state index contributed by atoms with van der Waals surface area (Å²) in [5.41, 5.74) is -1.90. The fourth-order valence-corrected chi connectivity index (χ4v) is 7.24. The highest BCUT2D eigenvalue weighted by Gasteiger charge is 2.35. The predicted molar refractivity (Wildman–Crippen MR) is 252 cm³/mol. The molecule has 0 aliphatic rings. The van der Waals surface area contributed by atoms with E-state index in [4.69, 9.17) is 46.4 Å². The molecule has 2 unspecified atom stereocenters. The quantitative estimate of drug-likeness (QED) is 0.0430. The van der Waals surface area contributed by atoms with Crippen LogP contribution >= 0.6 is 46.4 Å². The lowest BCUT2D eigenvalue weighted by molar-refractivity contribution is -0.138. The lowest BCUT2D eigenvalue weighted by Crippen LogP contribution is -2.33. The summed E-state index contributed by atoms with van der Waals surface area (Å²) in [5.74, 6) is -5.08. The number of Topliss-reactive ketones (excluding diaryl/α,β-unsaturated/α-hetero) is 2. The smallest absolute Gasteiger partial charge is 0.324 e. The van der Waals surface area contributed by atoms with E-state index in [0.717, 1.165) is 50.2 Å². The lowest BCUT2D eigenvalue weighted by atomic mass is 10.0. The molecule has 0 heterocycles. The molecule has 0 bridgehead atoms. The molecule has 24 heteroatoms. The van der Waals surface area contributed by atoms with Crippen LogP contribution in [0.15, 0.2) is 105 Å². The summed E-state index contributed by atoms with van der Waals surface area (Å²) in [6.07, 6.45) is -9.03. The number of ketones is 2. The maximum atomic E-state index is 13.6. The molecule has 2 atom stereocenters. The number of aryl methyl sites for hydroxylation is 2. The van der Waals surface area contributed by atoms with Crippen LogP contribution in [0, 0.1) is 0 Å². The summed E-state index contributed by atoms with van der Waals surface area (Å²) < 4.78 is 80.3. The van der Waals surface area contributed by atoms with E-state index in [9.17, 15) is 55.1 Å². The average molecular weight is 1050 g/mol. The van der Waals surface area contributed by atoms with Gasteiger partial charge in [0.2, 0.25) is 12.1 Å². The van der Waals surface area contributed by atoms with E-state index in [-0.39, 0.29) is 68.1 Å². The first-order valence-corrected chi connectivity index (χ1v) is 21.9. The zero-order valence-electron chi connectivity index (χ0n) is 36.7. The van der Waals surface area contributed by atoms with E-state index in [0.29, 0.717) is 23.3 Å². The maximum Gasteiger partial charge on any atom is 0.417 e. The minimum Gasteiger partial charge on any atom is -0.324 e. The minimum atomic E-state index is -4.80. The van der Waals surface area contributed by atoms with Crippen LogP contribution in [0.4, 0.5) is 60.5 Å². The standard InChI is InChI=1S/C46H36Cl4F6N8O6/c1-5-23-15-29(59-43(69)38(21(3)65)63-61-27-9-11-34(47)30(17-27)41(67)57-25-7-13-36(49)32(19-25)45(51,52)53)16-24(6-2)40(23)60-44(70)39(22(4)66)64-62-28-10-12-35(48)31(18-28)42(68)58-26-8-14-37(50)33(20-26)46(54,55)56/h7-20,38-39H,5-6H2,1-4H3,(H,57,67)(H,58,68)(H,59,69)(H,60,70). The molecule has 0 aliphatic carbocycles. The van der Waals surface area contributed by atoms with Crippen molar-refractivity contribution in [3.05, 3.63) is 138 Å². The normalized spacial score (nSPS) is 12.7. The van der Waals surface area contributed by atoms with Crippen molar-refractivity contribution < 1.29 is 55.1 Å². The molecule has 4 N–H and O–H groups in total. The summed E-state index contributed by atoms with van der Waals surface area (Å²) in [5, 5.41) is 24.3. The molecule has 366 valence electrons. The van der Waals surface area contributed by atoms with Crippen molar-refractivity contribution in [2.24, 2.45) is 20.5 Å². The number of carbonyl (C=O) groups is 6. The van der Waals surface area contributed by atoms with Gasteiger partial charge >= 0.3 is 12.4 Å². The van der Waals surface area contributed by atoms with Gasteiger partial charge < -0.3 is 21.3 Å². The third kappa shape index (κ3) is 13.7. The molecule has 70 heavy (non-hydrogen) atoms. The summed E-state index contributed by atoms with van der Waals surface area (Å²) in [4.78, 5) is 78.7. The zero-order chi connectivity index (χ0) is 51.8. The monoisotopic (exact) mass is 1050 g/mol. The topological polar surface area (TPSA) is 200 Å². The number of amides is 4. The van der Waals surface area contributed by atoms with Gasteiger partial charge in [-0.1, -0.05) is 60.3 Å². The summed E-state index contributed by atoms with van der Waals surface area (Å²) in [7, 11) is 0. The number of rotatable bonds is 16. The molecule has 0 aliphatic heterocycles. The van der Waals surface area contributed by atoms with E-state index >= 15 is 0 Å². The van der Waals surface area contributed by atoms with E-state index in [2.05, 4.69) is 41.7 Å². The number of azo groups is 2. The summed E-state index contributed by atoms with van der Waals surface area (Å²) in [6, 6.07) is 12.6. The summed E-state index contributed by atoms with van der Waals surface area (Å²) in [6.45, 7) is 5.68. The van der Waals surface area contributed by atoms with Gasteiger partial charge in [-0.2, -0.15) is 46.8 Å². The molecule has 14 nitrogen and oxygen atoms in total. The Bertz CT molecular complexity index is 2940. The molecule has 5 rings (SSSR count). The van der Waals surface area contributed by atoms with Crippen LogP contribution in [0.5, 0.6) is 0 Å². The predicted octanol–water partition coefficient (Wildman–Crippen LogP) is 13.3. The van der Waals surface area contributed by atoms with Gasteiger partial charge in [0.1, 0.15) is 0 Å². The van der Waals surface area contributed by atoms with Crippen LogP contribution in [0.3, 0.4) is 0 Å². The first-order chi connectivity index (χ1) is 32.8. The van der Waals surface area contributed by atoms with Gasteiger partial charge in [0.05, 0.1) is 53.7 Å². The van der Waals surface area contributed by atoms with Crippen LogP contribution in [0.1, 0.15) is 70.7 Å². The number of anilines is 4. The molecule has 0 saturated carbocycles. The molecule has 0 aromatic heterocycles. The van der Waals surface area contributed by atoms with Crippen LogP contribution in [-0.2, 0) is 44.4 Å². The van der Waals surface area contributed by atoms with Crippen LogP contribution < -0.4 is 21.3 Å². The third-order valence-corrected chi connectivity index (χ3v) is 11.2. The highest BCUT2D eigenvalue weighted by Crippen LogP contribution is 2.38. The average Bonchev–Trinajstić information content (AvgIpc) is 3.28. The Morgan fingerprint density at radius 3 is 1.23 bits per heavy atom. The number of nitrogens with zero attached hydrogens (tertiary/aromatic N) is 4. The first-order valence-electron chi connectivity index (χ1n) is 20.4. The molecule has 0 spiro atoms. The highest BCUT2D eigenvalue weighted by molar-refractivity contribution is 6.35. The molecular formula is C46H36Cl4F6N8O6. The fourth-order valence-electron chi connectivity index (χ4n) is 6.38. The number of hydrogen-bond acceptors (Lipinski definition) is 10. The van der Waals surface area contributed by atoms with Gasteiger partial charge in [0, 0.05) is 22.7 Å². The maximum absolute atomic E-state index is 13.6. The van der Waals surface area contributed by atoms with Crippen molar-refractivity contribution in [2.45, 2.75) is 65.0 Å². The Labute approximate surface area is 414 Å². The van der Waals surface area contributed by atoms with Crippen molar-refractivity contribution in [3.8, 4) is 0 Å². The second-order valence-corrected chi connectivity index (χ2v) is 16.6. The largest absolute Gasteiger partial charge is 0.417 e. The molecule has 0 radical (unpaired) electrons. The second-order valence-electron chi connectivity index (χ2n) is 14.9. The number of benzene rings is 5. The zero-order valence-corrected chi connectivity index (χ0v) is 39.7. The number of alkyl halides is 6. The summed E-state index contributed by atoms with van der Waals surface area (Å²) >= 11 is 23.8. The third-order valence-electron chi connectivity index (χ3n) is 9.87. The van der Waals surface area contributed by atoms with Gasteiger partial charge in [0.25, 0.3) is 23.6 Å². The van der Waals surface area contributed by atoms with Crippen molar-refractivity contribution in [1.29, 1.82) is 0 Å².